The van der Waals surface area contributed by atoms with Crippen molar-refractivity contribution >= 4 is 16.9 Å². The van der Waals surface area contributed by atoms with Gasteiger partial charge in [-0.15, -0.1) is 0 Å². The lowest BCUT2D eigenvalue weighted by Crippen LogP contribution is -2.48. The molecule has 0 aliphatic heterocycles. The summed E-state index contributed by atoms with van der Waals surface area (Å²) in [5.41, 5.74) is 2.84. The number of aryl methyl sites for hydroxylation is 2. The molecule has 1 atom stereocenters. The van der Waals surface area contributed by atoms with Crippen molar-refractivity contribution < 1.29 is 14.3 Å². The topological polar surface area (TPSA) is 40.5 Å². The maximum absolute atomic E-state index is 13.8. The second-order valence-corrected chi connectivity index (χ2v) is 16.5. The van der Waals surface area contributed by atoms with Crippen LogP contribution in [0.1, 0.15) is 121 Å². The Labute approximate surface area is 262 Å². The summed E-state index contributed by atoms with van der Waals surface area (Å²) in [5, 5.41) is 1.18. The van der Waals surface area contributed by atoms with E-state index in [-0.39, 0.29) is 16.8 Å². The number of hydrogen-bond donors (Lipinski definition) is 0. The van der Waals surface area contributed by atoms with Crippen LogP contribution in [0.25, 0.3) is 22.2 Å². The van der Waals surface area contributed by atoms with Crippen LogP contribution >= 0.6 is 0 Å². The first-order valence-electron chi connectivity index (χ1n) is 16.3. The number of rotatable bonds is 12. The van der Waals surface area contributed by atoms with Crippen LogP contribution in [0.3, 0.4) is 0 Å². The summed E-state index contributed by atoms with van der Waals surface area (Å²) >= 11 is 0. The highest BCUT2D eigenvalue weighted by molar-refractivity contribution is 5.88. The van der Waals surface area contributed by atoms with E-state index in [4.69, 9.17) is 9.47 Å². The van der Waals surface area contributed by atoms with E-state index >= 15 is 0 Å². The minimum absolute atomic E-state index is 0.000719. The molecule has 1 aromatic heterocycles. The van der Waals surface area contributed by atoms with Crippen LogP contribution in [0.5, 0.6) is 5.75 Å². The highest BCUT2D eigenvalue weighted by Gasteiger charge is 2.49. The molecule has 3 aromatic rings. The molecule has 0 N–H and O–H groups in total. The second kappa shape index (κ2) is 12.7. The van der Waals surface area contributed by atoms with E-state index in [1.165, 1.54) is 41.5 Å². The summed E-state index contributed by atoms with van der Waals surface area (Å²) in [4.78, 5) is 13.8. The zero-order chi connectivity index (χ0) is 32.4. The number of nitrogens with zero attached hydrogens (tertiary/aromatic N) is 1. The van der Waals surface area contributed by atoms with Crippen LogP contribution in [0.2, 0.25) is 0 Å². The number of benzene rings is 2. The van der Waals surface area contributed by atoms with Crippen molar-refractivity contribution in [1.82, 2.24) is 4.57 Å². The maximum atomic E-state index is 13.8. The van der Waals surface area contributed by atoms with Crippen molar-refractivity contribution in [3.05, 3.63) is 54.1 Å². The predicted molar refractivity (Wildman–Crippen MR) is 183 cm³/mol. The molecule has 0 bridgehead atoms. The minimum Gasteiger partial charge on any atom is -0.488 e. The Bertz CT molecular complexity index is 1380. The molecule has 0 saturated heterocycles. The molecule has 4 heteroatoms. The van der Waals surface area contributed by atoms with Gasteiger partial charge >= 0.3 is 5.97 Å². The number of unbranched alkanes of at least 4 members (excludes halogenated alkanes) is 2. The molecule has 0 fully saturated rings. The molecule has 3 rings (SSSR count). The molecule has 0 saturated carbocycles. The van der Waals surface area contributed by atoms with Gasteiger partial charge in [0.15, 0.2) is 0 Å². The molecule has 0 amide bonds. The lowest BCUT2D eigenvalue weighted by Gasteiger charge is -2.45. The Morgan fingerprint density at radius 1 is 0.767 bits per heavy atom. The van der Waals surface area contributed by atoms with Crippen LogP contribution in [0.4, 0.5) is 0 Å². The molecule has 1 heterocycles. The van der Waals surface area contributed by atoms with Crippen molar-refractivity contribution in [3.8, 4) is 17.0 Å². The van der Waals surface area contributed by atoms with Gasteiger partial charge in [0.25, 0.3) is 0 Å². The monoisotopic (exact) mass is 589 g/mol. The Kier molecular flexibility index (Phi) is 10.3. The summed E-state index contributed by atoms with van der Waals surface area (Å²) < 4.78 is 15.1. The summed E-state index contributed by atoms with van der Waals surface area (Å²) in [6.07, 6.45) is 6.22. The number of fused-ring (bicyclic) bond motifs is 1. The van der Waals surface area contributed by atoms with Gasteiger partial charge in [0, 0.05) is 30.6 Å². The minimum atomic E-state index is -0.698. The van der Waals surface area contributed by atoms with Gasteiger partial charge in [-0.1, -0.05) is 85.6 Å². The summed E-state index contributed by atoms with van der Waals surface area (Å²) in [5.74, 6) is 0.674. The molecular weight excluding hydrogens is 530 g/mol. The van der Waals surface area contributed by atoms with Crippen LogP contribution < -0.4 is 4.74 Å². The van der Waals surface area contributed by atoms with Crippen LogP contribution in [-0.4, -0.2) is 21.7 Å². The predicted octanol–water partition coefficient (Wildman–Crippen LogP) is 10.9. The molecule has 0 aliphatic rings. The number of aromatic nitrogens is 1. The van der Waals surface area contributed by atoms with Gasteiger partial charge in [-0.25, -0.2) is 0 Å². The van der Waals surface area contributed by atoms with E-state index in [1.54, 1.807) is 0 Å². The van der Waals surface area contributed by atoms with E-state index in [9.17, 15) is 4.79 Å². The number of ether oxygens (including phenoxy) is 2. The van der Waals surface area contributed by atoms with E-state index in [2.05, 4.69) is 123 Å². The highest BCUT2D eigenvalue weighted by atomic mass is 16.6. The van der Waals surface area contributed by atoms with Gasteiger partial charge in [0.2, 0.25) is 0 Å². The number of carbonyl (C=O) groups excluding carboxylic acids is 1. The maximum Gasteiger partial charge on any atom is 0.312 e. The van der Waals surface area contributed by atoms with Crippen LogP contribution in [0, 0.1) is 16.2 Å². The van der Waals surface area contributed by atoms with Gasteiger partial charge in [0.05, 0.1) is 10.9 Å². The Balaban J connectivity index is 1.76. The average molecular weight is 590 g/mol. The standard InChI is InChI=1S/C39H59NO3/c1-14-15-16-17-28-18-20-29(21-19-28)32-24-30-22-23-31(25-33(30)40(32)13)42-37(8,9)27-38(10,11)43-34(41)39(12,36(5,6)7)26-35(2,3)4/h18-25H,14-17,26-27H2,1-13H3. The number of carbonyl (C=O) groups is 1. The fourth-order valence-corrected chi connectivity index (χ4v) is 6.56. The smallest absolute Gasteiger partial charge is 0.312 e. The Morgan fingerprint density at radius 3 is 1.95 bits per heavy atom. The number of hydrogen-bond acceptors (Lipinski definition) is 3. The zero-order valence-electron chi connectivity index (χ0n) is 29.5. The van der Waals surface area contributed by atoms with Crippen molar-refractivity contribution in [3.63, 3.8) is 0 Å². The lowest BCUT2D eigenvalue weighted by molar-refractivity contribution is -0.181. The third-order valence-corrected chi connectivity index (χ3v) is 8.94. The molecule has 1 unspecified atom stereocenters. The Morgan fingerprint density at radius 2 is 1.40 bits per heavy atom. The van der Waals surface area contributed by atoms with Crippen molar-refractivity contribution in [2.45, 2.75) is 133 Å². The summed E-state index contributed by atoms with van der Waals surface area (Å²) in [6, 6.07) is 17.6. The van der Waals surface area contributed by atoms with Gasteiger partial charge in [-0.2, -0.15) is 0 Å². The van der Waals surface area contributed by atoms with Gasteiger partial charge in [-0.05, 0) is 94.0 Å². The van der Waals surface area contributed by atoms with Gasteiger partial charge < -0.3 is 14.0 Å². The third kappa shape index (κ3) is 8.89. The third-order valence-electron chi connectivity index (χ3n) is 8.94. The first kappa shape index (κ1) is 34.7. The molecule has 43 heavy (non-hydrogen) atoms. The largest absolute Gasteiger partial charge is 0.488 e. The first-order chi connectivity index (χ1) is 19.7. The molecule has 0 aliphatic carbocycles. The van der Waals surface area contributed by atoms with E-state index < -0.39 is 16.6 Å². The molecule has 2 aromatic carbocycles. The fraction of sp³-hybridized carbons (Fsp3) is 0.615. The Hall–Kier alpha value is -2.75. The fourth-order valence-electron chi connectivity index (χ4n) is 6.56. The highest BCUT2D eigenvalue weighted by Crippen LogP contribution is 2.48. The molecule has 238 valence electrons. The summed E-state index contributed by atoms with van der Waals surface area (Å²) in [7, 11) is 2.12. The van der Waals surface area contributed by atoms with Crippen LogP contribution in [-0.2, 0) is 23.0 Å². The molecule has 0 radical (unpaired) electrons. The second-order valence-electron chi connectivity index (χ2n) is 16.5. The van der Waals surface area contributed by atoms with Crippen molar-refractivity contribution in [2.24, 2.45) is 23.3 Å². The molecular formula is C39H59NO3. The quantitative estimate of drug-likeness (QED) is 0.156. The van der Waals surface area contributed by atoms with Gasteiger partial charge in [0.1, 0.15) is 17.0 Å². The lowest BCUT2D eigenvalue weighted by atomic mass is 9.61. The summed E-state index contributed by atoms with van der Waals surface area (Å²) in [6.45, 7) is 25.4. The van der Waals surface area contributed by atoms with Gasteiger partial charge in [-0.3, -0.25) is 4.79 Å². The zero-order valence-corrected chi connectivity index (χ0v) is 29.5. The van der Waals surface area contributed by atoms with Crippen molar-refractivity contribution in [1.29, 1.82) is 0 Å². The van der Waals surface area contributed by atoms with E-state index in [0.29, 0.717) is 6.42 Å². The number of esters is 1. The van der Waals surface area contributed by atoms with Crippen LogP contribution in [0.15, 0.2) is 48.5 Å². The average Bonchev–Trinajstić information content (AvgIpc) is 3.17. The normalized spacial score (nSPS) is 14.5. The first-order valence-corrected chi connectivity index (χ1v) is 16.3. The van der Waals surface area contributed by atoms with E-state index in [0.717, 1.165) is 24.1 Å². The molecule has 4 nitrogen and oxygen atoms in total. The van der Waals surface area contributed by atoms with Crippen molar-refractivity contribution in [2.75, 3.05) is 0 Å². The molecule has 0 spiro atoms. The SMILES string of the molecule is CCCCCc1ccc(-c2cc3ccc(OC(C)(C)CC(C)(C)OC(=O)C(C)(CC(C)(C)C)C(C)(C)C)cc3n2C)cc1. The van der Waals surface area contributed by atoms with E-state index in [1.807, 2.05) is 19.9 Å².